The molecule has 1 N–H and O–H groups in total. The van der Waals surface area contributed by atoms with Crippen LogP contribution in [0.4, 0.5) is 0 Å². The molecule has 2 heterocycles. The van der Waals surface area contributed by atoms with Gasteiger partial charge in [-0.2, -0.15) is 0 Å². The van der Waals surface area contributed by atoms with Gasteiger partial charge in [0.2, 0.25) is 0 Å². The Morgan fingerprint density at radius 1 is 0.909 bits per heavy atom. The second kappa shape index (κ2) is 10.4. The molecule has 240 valence electrons. The van der Waals surface area contributed by atoms with E-state index in [1.165, 1.54) is 13.8 Å². The summed E-state index contributed by atoms with van der Waals surface area (Å²) in [6.07, 6.45) is -3.79. The van der Waals surface area contributed by atoms with E-state index in [1.807, 2.05) is 47.6 Å². The molecule has 2 saturated heterocycles. The number of aliphatic hydroxyl groups excluding tert-OH is 1. The smallest absolute Gasteiger partial charge is 0.338 e. The van der Waals surface area contributed by atoms with E-state index in [1.54, 1.807) is 24.3 Å². The van der Waals surface area contributed by atoms with Crippen molar-refractivity contribution in [2.24, 2.45) is 22.7 Å². The van der Waals surface area contributed by atoms with Gasteiger partial charge >= 0.3 is 17.9 Å². The number of benzene rings is 1. The SMILES string of the molecule is CC(=O)O[C@H]1C[C@H]2[C@@H](OC(=O)c3ccccc3)[C@@H]3[C@]4(OC(C)=O)CO[C@@H]4C[C@@H]4OC(C)(C)O[C@@H]([C@H](O)C(=C1C)C2(C)C)[C@]43C. The van der Waals surface area contributed by atoms with E-state index in [-0.39, 0.29) is 6.61 Å². The van der Waals surface area contributed by atoms with Crippen LogP contribution in [0, 0.1) is 22.7 Å². The van der Waals surface area contributed by atoms with Gasteiger partial charge in [0.05, 0.1) is 30.3 Å². The van der Waals surface area contributed by atoms with Gasteiger partial charge in [0.15, 0.2) is 11.4 Å². The highest BCUT2D eigenvalue weighted by molar-refractivity contribution is 5.89. The highest BCUT2D eigenvalue weighted by Crippen LogP contribution is 2.66. The molecule has 3 aliphatic carbocycles. The monoisotopic (exact) mass is 612 g/mol. The first-order valence-corrected chi connectivity index (χ1v) is 15.5. The van der Waals surface area contributed by atoms with Crippen molar-refractivity contribution in [1.82, 2.24) is 0 Å². The summed E-state index contributed by atoms with van der Waals surface area (Å²) >= 11 is 0. The van der Waals surface area contributed by atoms with Crippen LogP contribution in [-0.4, -0.2) is 77.6 Å². The molecular formula is C34H44O10. The minimum absolute atomic E-state index is 0.0953. The molecule has 10 heteroatoms. The molecule has 1 aromatic carbocycles. The molecule has 0 radical (unpaired) electrons. The van der Waals surface area contributed by atoms with Gasteiger partial charge in [-0.15, -0.1) is 0 Å². The number of aliphatic hydroxyl groups is 1. The number of carbonyl (C=O) groups is 3. The highest BCUT2D eigenvalue weighted by atomic mass is 16.7. The zero-order valence-electron chi connectivity index (χ0n) is 26.7. The van der Waals surface area contributed by atoms with Crippen LogP contribution in [0.15, 0.2) is 41.5 Å². The number of ether oxygens (including phenoxy) is 6. The molecule has 44 heavy (non-hydrogen) atoms. The van der Waals surface area contributed by atoms with Crippen LogP contribution in [0.3, 0.4) is 0 Å². The van der Waals surface area contributed by atoms with Crippen LogP contribution >= 0.6 is 0 Å². The standard InChI is InChI=1S/C34H44O10/c1-17-22(40-18(2)35)14-21-27(41-30(38)20-12-10-9-11-13-20)28-33(8)23(15-24-34(28,16-39-24)42-19(3)36)43-32(6,7)44-29(33)26(37)25(17)31(21,4)5/h9-13,21-24,26-29,37H,14-16H2,1-8H3/t21-,22-,23-,24+,26+,27+,28-,29-,33+,34-/m0/s1. The van der Waals surface area contributed by atoms with Crippen LogP contribution in [0.2, 0.25) is 0 Å². The number of hydrogen-bond donors (Lipinski definition) is 1. The molecule has 0 spiro atoms. The van der Waals surface area contributed by atoms with E-state index in [9.17, 15) is 19.5 Å². The van der Waals surface area contributed by atoms with Crippen molar-refractivity contribution in [3.8, 4) is 0 Å². The fourth-order valence-corrected chi connectivity index (χ4v) is 9.28. The lowest BCUT2D eigenvalue weighted by Gasteiger charge is -2.70. The highest BCUT2D eigenvalue weighted by Gasteiger charge is 2.77. The van der Waals surface area contributed by atoms with Gasteiger partial charge < -0.3 is 33.5 Å². The van der Waals surface area contributed by atoms with Gasteiger partial charge in [-0.1, -0.05) is 39.0 Å². The van der Waals surface area contributed by atoms with Crippen LogP contribution in [0.1, 0.15) is 78.6 Å². The molecule has 6 rings (SSSR count). The predicted molar refractivity (Wildman–Crippen MR) is 156 cm³/mol. The molecule has 2 aliphatic heterocycles. The molecule has 4 fully saturated rings. The van der Waals surface area contributed by atoms with E-state index >= 15 is 0 Å². The Morgan fingerprint density at radius 3 is 2.18 bits per heavy atom. The molecule has 10 nitrogen and oxygen atoms in total. The number of esters is 3. The Kier molecular flexibility index (Phi) is 7.35. The Balaban J connectivity index is 1.63. The van der Waals surface area contributed by atoms with Crippen LogP contribution < -0.4 is 0 Å². The van der Waals surface area contributed by atoms with Crippen molar-refractivity contribution in [2.75, 3.05) is 6.61 Å². The first-order valence-electron chi connectivity index (χ1n) is 15.5. The van der Waals surface area contributed by atoms with Gasteiger partial charge in [0, 0.05) is 31.6 Å². The second-order valence-electron chi connectivity index (χ2n) is 14.4. The molecular weight excluding hydrogens is 568 g/mol. The summed E-state index contributed by atoms with van der Waals surface area (Å²) in [5.74, 6) is -3.70. The van der Waals surface area contributed by atoms with Crippen LogP contribution in [0.25, 0.3) is 0 Å². The van der Waals surface area contributed by atoms with Gasteiger partial charge in [-0.05, 0) is 55.9 Å². The average Bonchev–Trinajstić information content (AvgIpc) is 2.92. The van der Waals surface area contributed by atoms with Crippen LogP contribution in [0.5, 0.6) is 0 Å². The molecule has 0 amide bonds. The normalized spacial score (nSPS) is 41.5. The molecule has 2 saturated carbocycles. The number of hydrogen-bond acceptors (Lipinski definition) is 10. The molecule has 0 aromatic heterocycles. The molecule has 0 unspecified atom stereocenters. The third-order valence-corrected chi connectivity index (χ3v) is 11.0. The van der Waals surface area contributed by atoms with Crippen LogP contribution in [-0.2, 0) is 38.0 Å². The summed E-state index contributed by atoms with van der Waals surface area (Å²) < 4.78 is 38.1. The van der Waals surface area contributed by atoms with Gasteiger partial charge in [-0.3, -0.25) is 9.59 Å². The zero-order valence-corrected chi connectivity index (χ0v) is 26.7. The van der Waals surface area contributed by atoms with Crippen molar-refractivity contribution in [3.05, 3.63) is 47.0 Å². The maximum Gasteiger partial charge on any atom is 0.338 e. The summed E-state index contributed by atoms with van der Waals surface area (Å²) in [6, 6.07) is 8.75. The summed E-state index contributed by atoms with van der Waals surface area (Å²) in [7, 11) is 0. The average molecular weight is 613 g/mol. The molecule has 1 aromatic rings. The predicted octanol–water partition coefficient (Wildman–Crippen LogP) is 4.13. The van der Waals surface area contributed by atoms with E-state index in [4.69, 9.17) is 28.4 Å². The third-order valence-electron chi connectivity index (χ3n) is 11.0. The maximum absolute atomic E-state index is 14.0. The molecule has 10 atom stereocenters. The van der Waals surface area contributed by atoms with Gasteiger partial charge in [-0.25, -0.2) is 4.79 Å². The zero-order chi connectivity index (χ0) is 32.0. The Morgan fingerprint density at radius 2 is 1.59 bits per heavy atom. The van der Waals surface area contributed by atoms with Crippen molar-refractivity contribution in [3.63, 3.8) is 0 Å². The third kappa shape index (κ3) is 4.55. The second-order valence-corrected chi connectivity index (χ2v) is 14.4. The van der Waals surface area contributed by atoms with E-state index in [0.717, 1.165) is 5.57 Å². The minimum atomic E-state index is -1.17. The lowest BCUT2D eigenvalue weighted by atomic mass is 9.45. The minimum Gasteiger partial charge on any atom is -0.458 e. The number of carbonyl (C=O) groups excluding carboxylic acids is 3. The quantitative estimate of drug-likeness (QED) is 0.301. The van der Waals surface area contributed by atoms with E-state index in [0.29, 0.717) is 24.0 Å². The van der Waals surface area contributed by atoms with E-state index < -0.39 is 88.6 Å². The first kappa shape index (κ1) is 31.2. The Bertz CT molecular complexity index is 1380. The van der Waals surface area contributed by atoms with Crippen molar-refractivity contribution in [1.29, 1.82) is 0 Å². The fraction of sp³-hybridized carbons (Fsp3) is 0.676. The summed E-state index contributed by atoms with van der Waals surface area (Å²) in [6.45, 7) is 14.4. The van der Waals surface area contributed by atoms with Gasteiger partial charge in [0.1, 0.15) is 24.4 Å². The topological polar surface area (TPSA) is 127 Å². The largest absolute Gasteiger partial charge is 0.458 e. The summed E-state index contributed by atoms with van der Waals surface area (Å²) in [5, 5.41) is 12.5. The molecule has 2 bridgehead atoms. The summed E-state index contributed by atoms with van der Waals surface area (Å²) in [4.78, 5) is 39.1. The van der Waals surface area contributed by atoms with Crippen molar-refractivity contribution in [2.45, 2.75) is 116 Å². The lowest BCUT2D eigenvalue weighted by molar-refractivity contribution is -0.425. The lowest BCUT2D eigenvalue weighted by Crippen LogP contribution is -2.82. The number of rotatable bonds is 4. The first-order chi connectivity index (χ1) is 20.5. The van der Waals surface area contributed by atoms with Crippen molar-refractivity contribution >= 4 is 17.9 Å². The van der Waals surface area contributed by atoms with Crippen molar-refractivity contribution < 1.29 is 47.9 Å². The number of fused-ring (bicyclic) bond motifs is 4. The Hall–Kier alpha value is -2.79. The molecule has 5 aliphatic rings. The maximum atomic E-state index is 14.0. The summed E-state index contributed by atoms with van der Waals surface area (Å²) in [5.41, 5.74) is -1.11. The fourth-order valence-electron chi connectivity index (χ4n) is 9.28. The van der Waals surface area contributed by atoms with E-state index in [2.05, 4.69) is 0 Å². The van der Waals surface area contributed by atoms with Gasteiger partial charge in [0.25, 0.3) is 0 Å². The Labute approximate surface area is 258 Å².